The highest BCUT2D eigenvalue weighted by Gasteiger charge is 2.08. The number of phenols is 1. The molecule has 82 valence electrons. The second kappa shape index (κ2) is 5.65. The third-order valence-corrected chi connectivity index (χ3v) is 1.91. The number of nitrogens with zero attached hydrogens (tertiary/aromatic N) is 1. The lowest BCUT2D eigenvalue weighted by molar-refractivity contribution is 0.372. The Labute approximate surface area is 94.5 Å². The minimum atomic E-state index is -0.0369. The summed E-state index contributed by atoms with van der Waals surface area (Å²) >= 11 is 0. The SMILES string of the molecule is CNCC#Cc1cc(C#N)cc(OC)c1O. The molecule has 0 saturated heterocycles. The molecule has 0 fully saturated rings. The molecule has 0 aromatic heterocycles. The van der Waals surface area contributed by atoms with Gasteiger partial charge in [-0.05, 0) is 13.1 Å². The molecule has 0 bridgehead atoms. The highest BCUT2D eigenvalue weighted by Crippen LogP contribution is 2.30. The van der Waals surface area contributed by atoms with Crippen LogP contribution in [0.5, 0.6) is 11.5 Å². The average Bonchev–Trinajstić information content (AvgIpc) is 2.31. The molecule has 4 heteroatoms. The standard InChI is InChI=1S/C12H12N2O2/c1-14-5-3-4-10-6-9(8-13)7-11(16-2)12(10)15/h6-7,14-15H,5H2,1-2H3. The molecule has 1 rings (SSSR count). The third-order valence-electron chi connectivity index (χ3n) is 1.91. The van der Waals surface area contributed by atoms with Crippen LogP contribution in [0.25, 0.3) is 0 Å². The number of methoxy groups -OCH3 is 1. The number of hydrogen-bond donors (Lipinski definition) is 2. The predicted octanol–water partition coefficient (Wildman–Crippen LogP) is 0.843. The van der Waals surface area contributed by atoms with Crippen molar-refractivity contribution in [3.8, 4) is 29.4 Å². The van der Waals surface area contributed by atoms with Crippen molar-refractivity contribution in [3.63, 3.8) is 0 Å². The molecule has 4 nitrogen and oxygen atoms in total. The summed E-state index contributed by atoms with van der Waals surface area (Å²) in [6, 6.07) is 4.98. The molecule has 1 aromatic rings. The minimum Gasteiger partial charge on any atom is -0.503 e. The van der Waals surface area contributed by atoms with Crippen molar-refractivity contribution >= 4 is 0 Å². The summed E-state index contributed by atoms with van der Waals surface area (Å²) in [5, 5.41) is 21.4. The van der Waals surface area contributed by atoms with Gasteiger partial charge in [0.1, 0.15) is 0 Å². The van der Waals surface area contributed by atoms with Crippen LogP contribution in [0.15, 0.2) is 12.1 Å². The molecule has 0 atom stereocenters. The van der Waals surface area contributed by atoms with Crippen LogP contribution >= 0.6 is 0 Å². The normalized spacial score (nSPS) is 8.81. The number of ether oxygens (including phenoxy) is 1. The summed E-state index contributed by atoms with van der Waals surface area (Å²) < 4.78 is 4.95. The molecule has 0 aliphatic rings. The number of aromatic hydroxyl groups is 1. The zero-order valence-corrected chi connectivity index (χ0v) is 9.16. The van der Waals surface area contributed by atoms with Crippen molar-refractivity contribution in [1.82, 2.24) is 5.32 Å². The number of benzene rings is 1. The molecule has 0 aliphatic heterocycles. The first kappa shape index (κ1) is 11.9. The summed E-state index contributed by atoms with van der Waals surface area (Å²) in [5.41, 5.74) is 0.801. The van der Waals surface area contributed by atoms with Gasteiger partial charge < -0.3 is 15.2 Å². The lowest BCUT2D eigenvalue weighted by Gasteiger charge is -2.05. The molecular formula is C12H12N2O2. The van der Waals surface area contributed by atoms with Crippen LogP contribution in [0.4, 0.5) is 0 Å². The largest absolute Gasteiger partial charge is 0.503 e. The van der Waals surface area contributed by atoms with E-state index in [2.05, 4.69) is 17.2 Å². The van der Waals surface area contributed by atoms with E-state index in [1.54, 1.807) is 7.05 Å². The molecule has 16 heavy (non-hydrogen) atoms. The van der Waals surface area contributed by atoms with Gasteiger partial charge in [0.05, 0.1) is 30.9 Å². The summed E-state index contributed by atoms with van der Waals surface area (Å²) in [6.45, 7) is 0.512. The van der Waals surface area contributed by atoms with E-state index in [4.69, 9.17) is 10.00 Å². The van der Waals surface area contributed by atoms with E-state index in [1.165, 1.54) is 19.2 Å². The van der Waals surface area contributed by atoms with Gasteiger partial charge in [-0.1, -0.05) is 11.8 Å². The van der Waals surface area contributed by atoms with Crippen LogP contribution in [-0.4, -0.2) is 25.8 Å². The van der Waals surface area contributed by atoms with Crippen molar-refractivity contribution in [2.75, 3.05) is 20.7 Å². The molecule has 0 heterocycles. The van der Waals surface area contributed by atoms with Crippen molar-refractivity contribution < 1.29 is 9.84 Å². The maximum Gasteiger partial charge on any atom is 0.173 e. The second-order valence-electron chi connectivity index (χ2n) is 3.02. The van der Waals surface area contributed by atoms with Crippen LogP contribution in [-0.2, 0) is 0 Å². The number of nitrogens with one attached hydrogen (secondary N) is 1. The fourth-order valence-electron chi connectivity index (χ4n) is 1.15. The highest BCUT2D eigenvalue weighted by molar-refractivity contribution is 5.57. The second-order valence-corrected chi connectivity index (χ2v) is 3.02. The summed E-state index contributed by atoms with van der Waals surface area (Å²) in [7, 11) is 3.21. The lowest BCUT2D eigenvalue weighted by atomic mass is 10.1. The Hall–Kier alpha value is -2.17. The van der Waals surface area contributed by atoms with Gasteiger partial charge in [0.2, 0.25) is 0 Å². The molecule has 0 saturated carbocycles. The van der Waals surface area contributed by atoms with E-state index in [9.17, 15) is 5.11 Å². The van der Waals surface area contributed by atoms with Crippen LogP contribution < -0.4 is 10.1 Å². The first-order valence-electron chi connectivity index (χ1n) is 4.67. The van der Waals surface area contributed by atoms with E-state index in [-0.39, 0.29) is 11.5 Å². The molecule has 0 amide bonds. The molecule has 0 spiro atoms. The Morgan fingerprint density at radius 2 is 2.25 bits per heavy atom. The van der Waals surface area contributed by atoms with Crippen molar-refractivity contribution in [2.45, 2.75) is 0 Å². The number of rotatable bonds is 2. The summed E-state index contributed by atoms with van der Waals surface area (Å²) in [6.07, 6.45) is 0. The van der Waals surface area contributed by atoms with Crippen LogP contribution in [0.3, 0.4) is 0 Å². The van der Waals surface area contributed by atoms with E-state index >= 15 is 0 Å². The van der Waals surface area contributed by atoms with Gasteiger partial charge >= 0.3 is 0 Å². The quantitative estimate of drug-likeness (QED) is 0.719. The first-order chi connectivity index (χ1) is 7.72. The van der Waals surface area contributed by atoms with E-state index in [0.29, 0.717) is 17.7 Å². The van der Waals surface area contributed by atoms with E-state index in [1.807, 2.05) is 6.07 Å². The monoisotopic (exact) mass is 216 g/mol. The molecule has 0 radical (unpaired) electrons. The Balaban J connectivity index is 3.19. The molecule has 2 N–H and O–H groups in total. The highest BCUT2D eigenvalue weighted by atomic mass is 16.5. The lowest BCUT2D eigenvalue weighted by Crippen LogP contribution is -2.04. The third kappa shape index (κ3) is 2.66. The smallest absolute Gasteiger partial charge is 0.173 e. The Bertz CT molecular complexity index is 478. The van der Waals surface area contributed by atoms with Gasteiger partial charge in [0, 0.05) is 6.07 Å². The van der Waals surface area contributed by atoms with Gasteiger partial charge in [0.15, 0.2) is 11.5 Å². The van der Waals surface area contributed by atoms with Gasteiger partial charge in [-0.25, -0.2) is 0 Å². The van der Waals surface area contributed by atoms with Gasteiger partial charge in [0.25, 0.3) is 0 Å². The summed E-state index contributed by atoms with van der Waals surface area (Å²) in [5.74, 6) is 5.80. The maximum absolute atomic E-state index is 9.75. The van der Waals surface area contributed by atoms with Crippen LogP contribution in [0.1, 0.15) is 11.1 Å². The topological polar surface area (TPSA) is 65.3 Å². The average molecular weight is 216 g/mol. The number of nitriles is 1. The van der Waals surface area contributed by atoms with Gasteiger partial charge in [-0.15, -0.1) is 0 Å². The van der Waals surface area contributed by atoms with Crippen molar-refractivity contribution in [3.05, 3.63) is 23.3 Å². The number of phenolic OH excluding ortho intramolecular Hbond substituents is 1. The van der Waals surface area contributed by atoms with E-state index in [0.717, 1.165) is 0 Å². The zero-order valence-electron chi connectivity index (χ0n) is 9.16. The predicted molar refractivity (Wildman–Crippen MR) is 60.2 cm³/mol. The molecular weight excluding hydrogens is 204 g/mol. The minimum absolute atomic E-state index is 0.0369. The van der Waals surface area contributed by atoms with Crippen LogP contribution in [0, 0.1) is 23.2 Å². The first-order valence-corrected chi connectivity index (χ1v) is 4.67. The Morgan fingerprint density at radius 1 is 1.50 bits per heavy atom. The molecule has 1 aromatic carbocycles. The van der Waals surface area contributed by atoms with Gasteiger partial charge in [-0.2, -0.15) is 5.26 Å². The molecule has 0 unspecified atom stereocenters. The van der Waals surface area contributed by atoms with Gasteiger partial charge in [-0.3, -0.25) is 0 Å². The summed E-state index contributed by atoms with van der Waals surface area (Å²) in [4.78, 5) is 0. The fraction of sp³-hybridized carbons (Fsp3) is 0.250. The number of hydrogen-bond acceptors (Lipinski definition) is 4. The van der Waals surface area contributed by atoms with E-state index < -0.39 is 0 Å². The van der Waals surface area contributed by atoms with Crippen molar-refractivity contribution in [2.24, 2.45) is 0 Å². The molecule has 0 aliphatic carbocycles. The maximum atomic E-state index is 9.75. The zero-order chi connectivity index (χ0) is 12.0. The fourth-order valence-corrected chi connectivity index (χ4v) is 1.15. The van der Waals surface area contributed by atoms with Crippen molar-refractivity contribution in [1.29, 1.82) is 5.26 Å². The Kier molecular flexibility index (Phi) is 4.20. The van der Waals surface area contributed by atoms with Crippen LogP contribution in [0.2, 0.25) is 0 Å². The Morgan fingerprint density at radius 3 is 2.81 bits per heavy atom.